The van der Waals surface area contributed by atoms with Gasteiger partial charge in [0, 0.05) is 0 Å². The first-order chi connectivity index (χ1) is 3.80. The standard InChI is InChI=1S/C4H5N4/c5-4(6)3-1-7-2-8-3/h1H,(H3,5,6)(H,7,8). The van der Waals surface area contributed by atoms with Crippen LogP contribution in [0.15, 0.2) is 6.20 Å². The molecular formula is C4H5N4. The van der Waals surface area contributed by atoms with E-state index in [1.165, 1.54) is 6.20 Å². The first-order valence-electron chi connectivity index (χ1n) is 2.06. The van der Waals surface area contributed by atoms with Gasteiger partial charge in [0.25, 0.3) is 0 Å². The third kappa shape index (κ3) is 0.676. The van der Waals surface area contributed by atoms with Gasteiger partial charge in [-0.3, -0.25) is 5.41 Å². The Morgan fingerprint density at radius 1 is 2.00 bits per heavy atom. The van der Waals surface area contributed by atoms with E-state index in [1.54, 1.807) is 0 Å². The van der Waals surface area contributed by atoms with Crippen LogP contribution in [0, 0.1) is 11.7 Å². The summed E-state index contributed by atoms with van der Waals surface area (Å²) in [6.07, 6.45) is 3.86. The fourth-order valence-corrected chi connectivity index (χ4v) is 0.358. The second-order valence-electron chi connectivity index (χ2n) is 1.32. The van der Waals surface area contributed by atoms with E-state index >= 15 is 0 Å². The Hall–Kier alpha value is -1.32. The van der Waals surface area contributed by atoms with Crippen molar-refractivity contribution in [1.29, 1.82) is 5.41 Å². The zero-order chi connectivity index (χ0) is 5.98. The Balaban J connectivity index is 2.93. The van der Waals surface area contributed by atoms with Crippen LogP contribution in [0.1, 0.15) is 5.69 Å². The number of nitrogens with two attached hydrogens (primary N) is 1. The lowest BCUT2D eigenvalue weighted by Crippen LogP contribution is -2.10. The van der Waals surface area contributed by atoms with Crippen molar-refractivity contribution < 1.29 is 0 Å². The summed E-state index contributed by atoms with van der Waals surface area (Å²) >= 11 is 0. The van der Waals surface area contributed by atoms with Gasteiger partial charge >= 0.3 is 0 Å². The number of H-pyrrole nitrogens is 1. The van der Waals surface area contributed by atoms with Gasteiger partial charge in [0.05, 0.1) is 6.20 Å². The lowest BCUT2D eigenvalue weighted by Gasteiger charge is -1.85. The summed E-state index contributed by atoms with van der Waals surface area (Å²) in [4.78, 5) is 6.09. The highest BCUT2D eigenvalue weighted by Gasteiger charge is 1.92. The molecule has 0 aliphatic heterocycles. The predicted molar refractivity (Wildman–Crippen MR) is 28.4 cm³/mol. The maximum atomic E-state index is 6.84. The molecule has 0 spiro atoms. The van der Waals surface area contributed by atoms with Gasteiger partial charge in [0.15, 0.2) is 6.33 Å². The Kier molecular flexibility index (Phi) is 0.997. The van der Waals surface area contributed by atoms with E-state index in [9.17, 15) is 0 Å². The van der Waals surface area contributed by atoms with Crippen LogP contribution >= 0.6 is 0 Å². The molecule has 8 heavy (non-hydrogen) atoms. The van der Waals surface area contributed by atoms with Crippen LogP contribution in [0.5, 0.6) is 0 Å². The maximum Gasteiger partial charge on any atom is 0.174 e. The molecule has 1 aromatic rings. The fraction of sp³-hybridized carbons (Fsp3) is 0. The quantitative estimate of drug-likeness (QED) is 0.335. The molecule has 4 nitrogen and oxygen atoms in total. The summed E-state index contributed by atoms with van der Waals surface area (Å²) in [6, 6.07) is 0. The van der Waals surface area contributed by atoms with Crippen molar-refractivity contribution in [3.8, 4) is 0 Å². The molecule has 1 rings (SSSR count). The highest BCUT2D eigenvalue weighted by Crippen LogP contribution is 1.84. The van der Waals surface area contributed by atoms with Crippen LogP contribution in [0.3, 0.4) is 0 Å². The smallest absolute Gasteiger partial charge is 0.174 e. The Bertz CT molecular complexity index is 176. The summed E-state index contributed by atoms with van der Waals surface area (Å²) in [5.41, 5.74) is 5.55. The number of hydrogen-bond acceptors (Lipinski definition) is 2. The minimum Gasteiger partial charge on any atom is -0.382 e. The molecule has 1 aromatic heterocycles. The van der Waals surface area contributed by atoms with Gasteiger partial charge in [-0.25, -0.2) is 4.98 Å². The predicted octanol–water partition coefficient (Wildman–Crippen LogP) is -0.506. The van der Waals surface area contributed by atoms with Crippen LogP contribution in [-0.2, 0) is 0 Å². The van der Waals surface area contributed by atoms with Crippen molar-refractivity contribution in [1.82, 2.24) is 9.97 Å². The molecule has 0 unspecified atom stereocenters. The number of nitrogen functional groups attached to an aromatic ring is 1. The van der Waals surface area contributed by atoms with E-state index in [0.717, 1.165) is 0 Å². The first kappa shape index (κ1) is 4.83. The van der Waals surface area contributed by atoms with E-state index in [-0.39, 0.29) is 5.84 Å². The van der Waals surface area contributed by atoms with Crippen molar-refractivity contribution >= 4 is 5.84 Å². The molecule has 1 heterocycles. The topological polar surface area (TPSA) is 78.6 Å². The summed E-state index contributed by atoms with van der Waals surface area (Å²) in [6.45, 7) is 0. The number of nitrogens with zero attached hydrogens (tertiary/aromatic N) is 1. The summed E-state index contributed by atoms with van der Waals surface area (Å²) < 4.78 is 0. The molecular weight excluding hydrogens is 104 g/mol. The molecule has 0 aliphatic rings. The Labute approximate surface area is 46.3 Å². The summed E-state index contributed by atoms with van der Waals surface area (Å²) in [5, 5.41) is 6.84. The van der Waals surface area contributed by atoms with Gasteiger partial charge in [-0.05, 0) is 0 Å². The maximum absolute atomic E-state index is 6.84. The zero-order valence-corrected chi connectivity index (χ0v) is 4.10. The highest BCUT2D eigenvalue weighted by atomic mass is 14.9. The minimum absolute atomic E-state index is 0.0150. The van der Waals surface area contributed by atoms with Crippen molar-refractivity contribution in [3.05, 3.63) is 18.2 Å². The SMILES string of the molecule is N=C(N)c1cn[c][nH]1. The number of hydrogen-bond donors (Lipinski definition) is 3. The van der Waals surface area contributed by atoms with Gasteiger partial charge in [-0.15, -0.1) is 0 Å². The molecule has 4 heteroatoms. The Morgan fingerprint density at radius 2 is 2.75 bits per heavy atom. The first-order valence-corrected chi connectivity index (χ1v) is 2.06. The zero-order valence-electron chi connectivity index (χ0n) is 4.10. The molecule has 0 aromatic carbocycles. The fourth-order valence-electron chi connectivity index (χ4n) is 0.358. The molecule has 1 radical (unpaired) electrons. The molecule has 0 saturated carbocycles. The molecule has 0 amide bonds. The highest BCUT2D eigenvalue weighted by molar-refractivity contribution is 5.92. The van der Waals surface area contributed by atoms with Gasteiger partial charge in [-0.2, -0.15) is 0 Å². The second-order valence-corrected chi connectivity index (χ2v) is 1.32. The molecule has 0 bridgehead atoms. The third-order valence-electron chi connectivity index (χ3n) is 0.739. The van der Waals surface area contributed by atoms with Gasteiger partial charge in [0.1, 0.15) is 11.5 Å². The normalized spacial score (nSPS) is 9.00. The number of amidine groups is 1. The lowest BCUT2D eigenvalue weighted by molar-refractivity contribution is 1.27. The van der Waals surface area contributed by atoms with E-state index in [2.05, 4.69) is 16.3 Å². The largest absolute Gasteiger partial charge is 0.382 e. The molecule has 0 fully saturated rings. The van der Waals surface area contributed by atoms with Crippen LogP contribution in [0.4, 0.5) is 0 Å². The van der Waals surface area contributed by atoms with Crippen LogP contribution in [0.2, 0.25) is 0 Å². The van der Waals surface area contributed by atoms with Crippen LogP contribution in [0.25, 0.3) is 0 Å². The van der Waals surface area contributed by atoms with Crippen molar-refractivity contribution in [2.45, 2.75) is 0 Å². The van der Waals surface area contributed by atoms with Gasteiger partial charge < -0.3 is 10.7 Å². The molecule has 4 N–H and O–H groups in total. The van der Waals surface area contributed by atoms with E-state index in [1.807, 2.05) is 0 Å². The second kappa shape index (κ2) is 1.65. The van der Waals surface area contributed by atoms with Crippen molar-refractivity contribution in [2.24, 2.45) is 5.73 Å². The summed E-state index contributed by atoms with van der Waals surface area (Å²) in [5.74, 6) is -0.0150. The Morgan fingerprint density at radius 3 is 3.00 bits per heavy atom. The summed E-state index contributed by atoms with van der Waals surface area (Å²) in [7, 11) is 0. The molecule has 0 atom stereocenters. The number of rotatable bonds is 1. The average Bonchev–Trinajstić information content (AvgIpc) is 2.12. The molecule has 0 aliphatic carbocycles. The minimum atomic E-state index is -0.0150. The van der Waals surface area contributed by atoms with Crippen LogP contribution in [-0.4, -0.2) is 15.8 Å². The lowest BCUT2D eigenvalue weighted by atomic mass is 10.5. The number of nitrogens with one attached hydrogen (secondary N) is 2. The van der Waals surface area contributed by atoms with Crippen molar-refractivity contribution in [2.75, 3.05) is 0 Å². The van der Waals surface area contributed by atoms with Gasteiger partial charge in [-0.1, -0.05) is 0 Å². The third-order valence-corrected chi connectivity index (χ3v) is 0.739. The average molecular weight is 109 g/mol. The van der Waals surface area contributed by atoms with Gasteiger partial charge in [0.2, 0.25) is 0 Å². The van der Waals surface area contributed by atoms with Crippen molar-refractivity contribution in [3.63, 3.8) is 0 Å². The van der Waals surface area contributed by atoms with E-state index in [4.69, 9.17) is 11.1 Å². The number of imidazole rings is 1. The van der Waals surface area contributed by atoms with E-state index < -0.39 is 0 Å². The van der Waals surface area contributed by atoms with Crippen LogP contribution < -0.4 is 5.73 Å². The molecule has 0 saturated heterocycles. The molecule has 41 valence electrons. The number of aromatic nitrogens is 2. The number of aromatic amines is 1. The monoisotopic (exact) mass is 109 g/mol. The van der Waals surface area contributed by atoms with E-state index in [0.29, 0.717) is 5.69 Å².